The molecule has 0 unspecified atom stereocenters. The Balaban J connectivity index is 2.27. The van der Waals surface area contributed by atoms with E-state index in [1.165, 1.54) is 0 Å². The first-order valence-corrected chi connectivity index (χ1v) is 6.52. The van der Waals surface area contributed by atoms with Crippen molar-refractivity contribution in [3.05, 3.63) is 35.4 Å². The van der Waals surface area contributed by atoms with Crippen LogP contribution in [0.3, 0.4) is 0 Å². The number of hydrogen-bond donors (Lipinski definition) is 2. The highest BCUT2D eigenvalue weighted by molar-refractivity contribution is 5.78. The van der Waals surface area contributed by atoms with Gasteiger partial charge in [-0.25, -0.2) is 0 Å². The Kier molecular flexibility index (Phi) is 6.51. The van der Waals surface area contributed by atoms with Crippen molar-refractivity contribution < 1.29 is 18.0 Å². The Hall–Kier alpha value is -1.56. The Labute approximate surface area is 116 Å². The van der Waals surface area contributed by atoms with Crippen molar-refractivity contribution in [3.63, 3.8) is 0 Å². The highest BCUT2D eigenvalue weighted by Gasteiger charge is 2.25. The van der Waals surface area contributed by atoms with Gasteiger partial charge in [-0.2, -0.15) is 13.2 Å². The summed E-state index contributed by atoms with van der Waals surface area (Å²) in [6.45, 7) is 0.620. The van der Waals surface area contributed by atoms with E-state index >= 15 is 0 Å². The maximum absolute atomic E-state index is 11.9. The normalized spacial score (nSPS) is 11.4. The van der Waals surface area contributed by atoms with Gasteiger partial charge < -0.3 is 11.1 Å². The molecule has 1 amide bonds. The molecule has 6 heteroatoms. The van der Waals surface area contributed by atoms with Crippen LogP contribution in [0.4, 0.5) is 13.2 Å². The molecule has 0 aromatic heterocycles. The quantitative estimate of drug-likeness (QED) is 0.758. The fourth-order valence-corrected chi connectivity index (χ4v) is 1.84. The van der Waals surface area contributed by atoms with Crippen LogP contribution >= 0.6 is 0 Å². The Morgan fingerprint density at radius 2 is 1.80 bits per heavy atom. The van der Waals surface area contributed by atoms with E-state index in [0.29, 0.717) is 13.0 Å². The SMILES string of the molecule is NCc1ccccc1CC(=O)NCCCCC(F)(F)F. The smallest absolute Gasteiger partial charge is 0.356 e. The molecule has 3 nitrogen and oxygen atoms in total. The van der Waals surface area contributed by atoms with Gasteiger partial charge in [-0.05, 0) is 24.0 Å². The minimum Gasteiger partial charge on any atom is -0.356 e. The average molecular weight is 288 g/mol. The summed E-state index contributed by atoms with van der Waals surface area (Å²) >= 11 is 0. The van der Waals surface area contributed by atoms with Gasteiger partial charge in [-0.15, -0.1) is 0 Å². The third-order valence-electron chi connectivity index (χ3n) is 2.90. The van der Waals surface area contributed by atoms with Crippen molar-refractivity contribution in [1.29, 1.82) is 0 Å². The van der Waals surface area contributed by atoms with Crippen molar-refractivity contribution >= 4 is 5.91 Å². The average Bonchev–Trinajstić information content (AvgIpc) is 2.37. The standard InChI is InChI=1S/C14H19F3N2O/c15-14(16,17)7-3-4-8-19-13(20)9-11-5-1-2-6-12(11)10-18/h1-2,5-6H,3-4,7-10,18H2,(H,19,20). The second-order valence-corrected chi connectivity index (χ2v) is 4.57. The summed E-state index contributed by atoms with van der Waals surface area (Å²) in [6.07, 6.45) is -4.37. The topological polar surface area (TPSA) is 55.1 Å². The first-order chi connectivity index (χ1) is 9.42. The molecule has 0 fully saturated rings. The predicted octanol–water partition coefficient (Wildman–Crippen LogP) is 2.54. The maximum Gasteiger partial charge on any atom is 0.389 e. The fraction of sp³-hybridized carbons (Fsp3) is 0.500. The van der Waals surface area contributed by atoms with Gasteiger partial charge in [0.05, 0.1) is 6.42 Å². The number of alkyl halides is 3. The molecule has 0 saturated carbocycles. The monoisotopic (exact) mass is 288 g/mol. The first kappa shape index (κ1) is 16.5. The van der Waals surface area contributed by atoms with Crippen LogP contribution in [0.5, 0.6) is 0 Å². The summed E-state index contributed by atoms with van der Waals surface area (Å²) < 4.78 is 35.7. The van der Waals surface area contributed by atoms with Crippen molar-refractivity contribution in [2.45, 2.75) is 38.4 Å². The van der Waals surface area contributed by atoms with E-state index in [0.717, 1.165) is 11.1 Å². The van der Waals surface area contributed by atoms with Crippen LogP contribution in [0.2, 0.25) is 0 Å². The third kappa shape index (κ3) is 6.56. The lowest BCUT2D eigenvalue weighted by molar-refractivity contribution is -0.135. The summed E-state index contributed by atoms with van der Waals surface area (Å²) in [5.74, 6) is -0.196. The Morgan fingerprint density at radius 1 is 1.15 bits per heavy atom. The van der Waals surface area contributed by atoms with Gasteiger partial charge in [0.15, 0.2) is 0 Å². The number of unbranched alkanes of at least 4 members (excludes halogenated alkanes) is 1. The van der Waals surface area contributed by atoms with Crippen LogP contribution in [0.1, 0.15) is 30.4 Å². The van der Waals surface area contributed by atoms with Crippen molar-refractivity contribution in [1.82, 2.24) is 5.32 Å². The zero-order valence-electron chi connectivity index (χ0n) is 11.2. The van der Waals surface area contributed by atoms with Gasteiger partial charge in [-0.3, -0.25) is 4.79 Å². The van der Waals surface area contributed by atoms with E-state index in [9.17, 15) is 18.0 Å². The van der Waals surface area contributed by atoms with Gasteiger partial charge in [0.25, 0.3) is 0 Å². The molecule has 0 aliphatic heterocycles. The minimum absolute atomic E-state index is 0.0309. The number of amides is 1. The number of nitrogens with one attached hydrogen (secondary N) is 1. The first-order valence-electron chi connectivity index (χ1n) is 6.52. The molecular weight excluding hydrogens is 269 g/mol. The lowest BCUT2D eigenvalue weighted by atomic mass is 10.0. The van der Waals surface area contributed by atoms with Crippen LogP contribution in [-0.2, 0) is 17.8 Å². The number of carbonyl (C=O) groups is 1. The number of rotatable bonds is 7. The zero-order chi connectivity index (χ0) is 15.0. The third-order valence-corrected chi connectivity index (χ3v) is 2.90. The predicted molar refractivity (Wildman–Crippen MR) is 71.0 cm³/mol. The number of hydrogen-bond acceptors (Lipinski definition) is 2. The summed E-state index contributed by atoms with van der Waals surface area (Å²) in [5, 5.41) is 2.62. The number of carbonyl (C=O) groups excluding carboxylic acids is 1. The van der Waals surface area contributed by atoms with E-state index in [2.05, 4.69) is 5.32 Å². The number of halogens is 3. The molecule has 1 rings (SSSR count). The minimum atomic E-state index is -4.12. The van der Waals surface area contributed by atoms with Crippen LogP contribution < -0.4 is 11.1 Å². The second kappa shape index (κ2) is 7.89. The Bertz CT molecular complexity index is 433. The maximum atomic E-state index is 11.9. The molecule has 0 heterocycles. The molecule has 112 valence electrons. The van der Waals surface area contributed by atoms with Crippen molar-refractivity contribution in [3.8, 4) is 0 Å². The summed E-state index contributed by atoms with van der Waals surface area (Å²) in [5.41, 5.74) is 7.32. The van der Waals surface area contributed by atoms with Crippen LogP contribution in [0.25, 0.3) is 0 Å². The highest BCUT2D eigenvalue weighted by Crippen LogP contribution is 2.21. The lowest BCUT2D eigenvalue weighted by Crippen LogP contribution is -2.26. The van der Waals surface area contributed by atoms with E-state index in [4.69, 9.17) is 5.73 Å². The molecule has 0 saturated heterocycles. The van der Waals surface area contributed by atoms with Crippen molar-refractivity contribution in [2.75, 3.05) is 6.54 Å². The molecule has 20 heavy (non-hydrogen) atoms. The number of benzene rings is 1. The second-order valence-electron chi connectivity index (χ2n) is 4.57. The van der Waals surface area contributed by atoms with Gasteiger partial charge in [0, 0.05) is 19.5 Å². The summed E-state index contributed by atoms with van der Waals surface area (Å²) in [7, 11) is 0. The zero-order valence-corrected chi connectivity index (χ0v) is 11.2. The Morgan fingerprint density at radius 3 is 2.40 bits per heavy atom. The molecule has 0 bridgehead atoms. The van der Waals surface area contributed by atoms with E-state index in [1.54, 1.807) is 0 Å². The lowest BCUT2D eigenvalue weighted by Gasteiger charge is -2.09. The van der Waals surface area contributed by atoms with Crippen LogP contribution in [0, 0.1) is 0 Å². The van der Waals surface area contributed by atoms with Gasteiger partial charge in [0.1, 0.15) is 0 Å². The van der Waals surface area contributed by atoms with Gasteiger partial charge >= 0.3 is 6.18 Å². The molecular formula is C14H19F3N2O. The summed E-state index contributed by atoms with van der Waals surface area (Å²) in [6, 6.07) is 7.35. The fourth-order valence-electron chi connectivity index (χ4n) is 1.84. The molecule has 0 spiro atoms. The molecule has 1 aromatic rings. The van der Waals surface area contributed by atoms with Crippen LogP contribution in [0.15, 0.2) is 24.3 Å². The van der Waals surface area contributed by atoms with E-state index in [1.807, 2.05) is 24.3 Å². The highest BCUT2D eigenvalue weighted by atomic mass is 19.4. The molecule has 1 aromatic carbocycles. The van der Waals surface area contributed by atoms with E-state index < -0.39 is 12.6 Å². The van der Waals surface area contributed by atoms with E-state index in [-0.39, 0.29) is 25.3 Å². The number of nitrogens with two attached hydrogens (primary N) is 1. The van der Waals surface area contributed by atoms with Gasteiger partial charge in [-0.1, -0.05) is 24.3 Å². The molecule has 0 atom stereocenters. The largest absolute Gasteiger partial charge is 0.389 e. The van der Waals surface area contributed by atoms with Crippen LogP contribution in [-0.4, -0.2) is 18.6 Å². The van der Waals surface area contributed by atoms with Crippen molar-refractivity contribution in [2.24, 2.45) is 5.73 Å². The molecule has 0 aliphatic carbocycles. The summed E-state index contributed by atoms with van der Waals surface area (Å²) in [4.78, 5) is 11.7. The molecule has 0 radical (unpaired) electrons. The molecule has 0 aliphatic rings. The van der Waals surface area contributed by atoms with Gasteiger partial charge in [0.2, 0.25) is 5.91 Å². The molecule has 3 N–H and O–H groups in total.